The highest BCUT2D eigenvalue weighted by molar-refractivity contribution is 9.10. The van der Waals surface area contributed by atoms with Crippen LogP contribution in [-0.2, 0) is 10.0 Å². The Morgan fingerprint density at radius 2 is 1.87 bits per heavy atom. The highest BCUT2D eigenvalue weighted by Gasteiger charge is 2.28. The summed E-state index contributed by atoms with van der Waals surface area (Å²) in [6.07, 6.45) is 2.75. The lowest BCUT2D eigenvalue weighted by molar-refractivity contribution is -0.383. The molecule has 4 rings (SSSR count). The molecule has 2 heterocycles. The fourth-order valence-electron chi connectivity index (χ4n) is 3.12. The van der Waals surface area contributed by atoms with Crippen molar-refractivity contribution in [2.24, 2.45) is 0 Å². The molecule has 0 atom stereocenters. The van der Waals surface area contributed by atoms with Gasteiger partial charge in [0.05, 0.1) is 20.0 Å². The zero-order valence-electron chi connectivity index (χ0n) is 15.3. The summed E-state index contributed by atoms with van der Waals surface area (Å²) < 4.78 is 28.2. The fourth-order valence-corrected chi connectivity index (χ4v) is 5.04. The molecule has 152 valence electrons. The van der Waals surface area contributed by atoms with E-state index >= 15 is 0 Å². The number of para-hydroxylation sites is 1. The van der Waals surface area contributed by atoms with Crippen molar-refractivity contribution in [2.75, 3.05) is 0 Å². The first-order chi connectivity index (χ1) is 14.2. The van der Waals surface area contributed by atoms with E-state index in [0.717, 1.165) is 9.54 Å². The van der Waals surface area contributed by atoms with Crippen LogP contribution in [0.2, 0.25) is 5.28 Å². The molecule has 4 aromatic rings. The second-order valence-electron chi connectivity index (χ2n) is 6.42. The first-order valence-electron chi connectivity index (χ1n) is 8.49. The van der Waals surface area contributed by atoms with E-state index in [4.69, 9.17) is 11.6 Å². The number of rotatable bonds is 4. The van der Waals surface area contributed by atoms with Gasteiger partial charge in [0.15, 0.2) is 0 Å². The molecular formula is C19H12BrClN4O4S. The Morgan fingerprint density at radius 1 is 1.17 bits per heavy atom. The molecule has 8 nitrogen and oxygen atoms in total. The minimum atomic E-state index is -4.13. The van der Waals surface area contributed by atoms with Crippen molar-refractivity contribution in [1.29, 1.82) is 0 Å². The standard InChI is InChI=1S/C19H12BrClN4O4S/c1-11-5-7-12(8-6-11)30(28,29)24-10-14(17-15(20)9-22-19(21)23-17)13-3-2-4-16(18(13)24)25(26)27/h2-10H,1H3. The SMILES string of the molecule is Cc1ccc(S(=O)(=O)n2cc(-c3nc(Cl)ncc3Br)c3cccc([N+](=O)[O-])c32)cc1. The molecule has 2 aromatic carbocycles. The number of nitrogens with zero attached hydrogens (tertiary/aromatic N) is 4. The summed E-state index contributed by atoms with van der Waals surface area (Å²) in [6.45, 7) is 1.83. The maximum atomic E-state index is 13.4. The number of fused-ring (bicyclic) bond motifs is 1. The number of nitro groups is 1. The summed E-state index contributed by atoms with van der Waals surface area (Å²) in [7, 11) is -4.13. The average molecular weight is 508 g/mol. The van der Waals surface area contributed by atoms with E-state index in [1.807, 2.05) is 6.92 Å². The van der Waals surface area contributed by atoms with Crippen molar-refractivity contribution in [1.82, 2.24) is 13.9 Å². The molecule has 0 bridgehead atoms. The van der Waals surface area contributed by atoms with Gasteiger partial charge in [-0.2, -0.15) is 0 Å². The van der Waals surface area contributed by atoms with Crippen LogP contribution < -0.4 is 0 Å². The molecule has 0 radical (unpaired) electrons. The summed E-state index contributed by atoms with van der Waals surface area (Å²) >= 11 is 9.27. The zero-order valence-corrected chi connectivity index (χ0v) is 18.4. The van der Waals surface area contributed by atoms with Gasteiger partial charge in [0.25, 0.3) is 15.7 Å². The predicted octanol–water partition coefficient (Wildman–Crippen LogP) is 4.97. The lowest BCUT2D eigenvalue weighted by Crippen LogP contribution is -2.12. The lowest BCUT2D eigenvalue weighted by Gasteiger charge is -2.08. The van der Waals surface area contributed by atoms with Crippen LogP contribution in [-0.4, -0.2) is 27.3 Å². The first-order valence-corrected chi connectivity index (χ1v) is 11.1. The van der Waals surface area contributed by atoms with Gasteiger partial charge in [-0.1, -0.05) is 29.8 Å². The number of benzene rings is 2. The second-order valence-corrected chi connectivity index (χ2v) is 9.43. The topological polar surface area (TPSA) is 108 Å². The van der Waals surface area contributed by atoms with Crippen molar-refractivity contribution >= 4 is 54.1 Å². The number of hydrogen-bond donors (Lipinski definition) is 0. The van der Waals surface area contributed by atoms with E-state index in [1.165, 1.54) is 36.7 Å². The summed E-state index contributed by atoms with van der Waals surface area (Å²) in [5, 5.41) is 12.0. The molecule has 0 spiro atoms. The van der Waals surface area contributed by atoms with Gasteiger partial charge in [-0.25, -0.2) is 22.4 Å². The van der Waals surface area contributed by atoms with Crippen molar-refractivity contribution in [2.45, 2.75) is 11.8 Å². The molecule has 2 aromatic heterocycles. The van der Waals surface area contributed by atoms with E-state index in [2.05, 4.69) is 25.9 Å². The summed E-state index contributed by atoms with van der Waals surface area (Å²) in [5.41, 5.74) is 1.17. The minimum Gasteiger partial charge on any atom is -0.258 e. The van der Waals surface area contributed by atoms with E-state index in [9.17, 15) is 18.5 Å². The van der Waals surface area contributed by atoms with Crippen LogP contribution in [0.15, 0.2) is 64.2 Å². The predicted molar refractivity (Wildman–Crippen MR) is 116 cm³/mol. The highest BCUT2D eigenvalue weighted by Crippen LogP contribution is 2.39. The third-order valence-electron chi connectivity index (χ3n) is 4.52. The Hall–Kier alpha value is -2.82. The molecule has 0 N–H and O–H groups in total. The maximum absolute atomic E-state index is 13.4. The largest absolute Gasteiger partial charge is 0.294 e. The van der Waals surface area contributed by atoms with Gasteiger partial charge < -0.3 is 0 Å². The van der Waals surface area contributed by atoms with Crippen LogP contribution in [0.1, 0.15) is 5.56 Å². The normalized spacial score (nSPS) is 11.7. The molecule has 0 aliphatic heterocycles. The number of halogens is 2. The fraction of sp³-hybridized carbons (Fsp3) is 0.0526. The monoisotopic (exact) mass is 506 g/mol. The zero-order chi connectivity index (χ0) is 21.6. The first kappa shape index (κ1) is 20.5. The average Bonchev–Trinajstić information content (AvgIpc) is 3.10. The van der Waals surface area contributed by atoms with Crippen LogP contribution >= 0.6 is 27.5 Å². The molecule has 30 heavy (non-hydrogen) atoms. The molecule has 11 heteroatoms. The second kappa shape index (κ2) is 7.46. The van der Waals surface area contributed by atoms with Gasteiger partial charge >= 0.3 is 0 Å². The van der Waals surface area contributed by atoms with Gasteiger partial charge in [0, 0.05) is 29.4 Å². The van der Waals surface area contributed by atoms with Crippen molar-refractivity contribution in [3.05, 3.63) is 80.3 Å². The summed E-state index contributed by atoms with van der Waals surface area (Å²) in [5.74, 6) is 0. The molecule has 0 unspecified atom stereocenters. The molecule has 0 amide bonds. The van der Waals surface area contributed by atoms with Crippen molar-refractivity contribution < 1.29 is 13.3 Å². The van der Waals surface area contributed by atoms with E-state index in [-0.39, 0.29) is 21.4 Å². The Morgan fingerprint density at radius 3 is 2.53 bits per heavy atom. The van der Waals surface area contributed by atoms with Gasteiger partial charge in [-0.3, -0.25) is 10.1 Å². The number of aromatic nitrogens is 3. The Kier molecular flexibility index (Phi) is 5.08. The molecule has 0 aliphatic rings. The Labute approximate surface area is 184 Å². The molecule has 0 fully saturated rings. The maximum Gasteiger partial charge on any atom is 0.294 e. The number of nitro benzene ring substituents is 1. The van der Waals surface area contributed by atoms with Crippen molar-refractivity contribution in [3.63, 3.8) is 0 Å². The Bertz CT molecular complexity index is 1420. The third-order valence-corrected chi connectivity index (χ3v) is 6.95. The van der Waals surface area contributed by atoms with Gasteiger partial charge in [0.2, 0.25) is 5.28 Å². The Balaban J connectivity index is 2.11. The van der Waals surface area contributed by atoms with Crippen LogP contribution in [0.4, 0.5) is 5.69 Å². The molecule has 0 saturated heterocycles. The van der Waals surface area contributed by atoms with E-state index in [0.29, 0.717) is 21.1 Å². The smallest absolute Gasteiger partial charge is 0.258 e. The summed E-state index contributed by atoms with van der Waals surface area (Å²) in [4.78, 5) is 19.1. The lowest BCUT2D eigenvalue weighted by atomic mass is 10.1. The van der Waals surface area contributed by atoms with E-state index in [1.54, 1.807) is 18.2 Å². The number of aryl methyl sites for hydroxylation is 1. The molecule has 0 aliphatic carbocycles. The van der Waals surface area contributed by atoms with Gasteiger partial charge in [0.1, 0.15) is 5.52 Å². The molecular weight excluding hydrogens is 496 g/mol. The third kappa shape index (κ3) is 3.36. The summed E-state index contributed by atoms with van der Waals surface area (Å²) in [6, 6.07) is 10.6. The number of non-ortho nitro benzene ring substituents is 1. The van der Waals surface area contributed by atoms with E-state index < -0.39 is 14.9 Å². The highest BCUT2D eigenvalue weighted by atomic mass is 79.9. The quantitative estimate of drug-likeness (QED) is 0.219. The van der Waals surface area contributed by atoms with Crippen LogP contribution in [0.25, 0.3) is 22.2 Å². The van der Waals surface area contributed by atoms with Gasteiger partial charge in [-0.05, 0) is 46.6 Å². The van der Waals surface area contributed by atoms with Crippen molar-refractivity contribution in [3.8, 4) is 11.3 Å². The number of hydrogen-bond acceptors (Lipinski definition) is 6. The van der Waals surface area contributed by atoms with Crippen LogP contribution in [0, 0.1) is 17.0 Å². The van der Waals surface area contributed by atoms with Gasteiger partial charge in [-0.15, -0.1) is 0 Å². The molecule has 0 saturated carbocycles. The van der Waals surface area contributed by atoms with Crippen LogP contribution in [0.5, 0.6) is 0 Å². The minimum absolute atomic E-state index is 0.00878. The van der Waals surface area contributed by atoms with Crippen LogP contribution in [0.3, 0.4) is 0 Å².